The second-order valence-electron chi connectivity index (χ2n) is 0. The summed E-state index contributed by atoms with van der Waals surface area (Å²) >= 11 is 0. The van der Waals surface area contributed by atoms with Crippen LogP contribution in [0.15, 0.2) is 0 Å². The summed E-state index contributed by atoms with van der Waals surface area (Å²) in [7, 11) is 0. The van der Waals surface area contributed by atoms with Crippen molar-refractivity contribution in [2.45, 2.75) is 0 Å². The van der Waals surface area contributed by atoms with Crippen LogP contribution < -0.4 is 0 Å². The van der Waals surface area contributed by atoms with Crippen LogP contribution in [0.2, 0.25) is 0 Å². The zero-order chi connectivity index (χ0) is 0. The summed E-state index contributed by atoms with van der Waals surface area (Å²) in [6, 6.07) is 0. The normalized spacial score (nSPS) is 0. The van der Waals surface area contributed by atoms with Gasteiger partial charge in [-0.25, -0.2) is 0 Å². The third-order valence-electron chi connectivity index (χ3n) is 0. The van der Waals surface area contributed by atoms with E-state index in [1.165, 1.54) is 0 Å². The van der Waals surface area contributed by atoms with Gasteiger partial charge >= 0.3 is 37.7 Å². The van der Waals surface area contributed by atoms with Crippen LogP contribution in [0.4, 0.5) is 0 Å². The van der Waals surface area contributed by atoms with Crippen molar-refractivity contribution in [1.29, 1.82) is 0 Å². The zero-order valence-corrected chi connectivity index (χ0v) is 8.68. The molecular weight excluding hydrogens is 261 g/mol. The van der Waals surface area contributed by atoms with Crippen molar-refractivity contribution in [3.63, 3.8) is 0 Å². The predicted molar refractivity (Wildman–Crippen MR) is 17.9 cm³/mol. The van der Waals surface area contributed by atoms with Gasteiger partial charge in [0.1, 0.15) is 0 Å². The van der Waals surface area contributed by atoms with Crippen LogP contribution in [0.1, 0.15) is 2.85 Å². The standard InChI is InChI=1S/Al.Ca.La.Mn.5H/q;+2;;;;;;2*-1. The molecule has 0 atom stereocenters. The number of hydrogen-bond donors (Lipinski definition) is 0. The Balaban J connectivity index is 0. The maximum Gasteiger partial charge on any atom is 2.00 e. The van der Waals surface area contributed by atoms with Crippen LogP contribution in [0.25, 0.3) is 0 Å². The first-order chi connectivity index (χ1) is 0. The van der Waals surface area contributed by atoms with Crippen LogP contribution in [0.3, 0.4) is 0 Å². The van der Waals surface area contributed by atoms with Crippen molar-refractivity contribution in [2.75, 3.05) is 0 Å². The van der Waals surface area contributed by atoms with E-state index in [-0.39, 0.29) is 111 Å². The first kappa shape index (κ1) is 25.8. The third-order valence-corrected chi connectivity index (χ3v) is 0. The molecule has 0 aromatic carbocycles. The molecule has 0 nitrogen and oxygen atoms in total. The minimum absolute atomic E-state index is 0. The summed E-state index contributed by atoms with van der Waals surface area (Å²) in [5.41, 5.74) is 0. The van der Waals surface area contributed by atoms with E-state index in [9.17, 15) is 0 Å². The summed E-state index contributed by atoms with van der Waals surface area (Å²) in [6.45, 7) is 0. The van der Waals surface area contributed by atoms with Gasteiger partial charge < -0.3 is 2.85 Å². The summed E-state index contributed by atoms with van der Waals surface area (Å²) in [5, 5.41) is 0. The van der Waals surface area contributed by atoms with Crippen LogP contribution in [-0.4, -0.2) is 55.1 Å². The van der Waals surface area contributed by atoms with Gasteiger partial charge in [-0.1, -0.05) is 0 Å². The summed E-state index contributed by atoms with van der Waals surface area (Å²) in [5.74, 6) is 0. The molecule has 0 aromatic rings. The first-order valence-electron chi connectivity index (χ1n) is 0. The zero-order valence-electron chi connectivity index (χ0n) is 3.66. The van der Waals surface area contributed by atoms with Crippen molar-refractivity contribution in [2.24, 2.45) is 0 Å². The van der Waals surface area contributed by atoms with Crippen molar-refractivity contribution < 1.29 is 55.5 Å². The van der Waals surface area contributed by atoms with Gasteiger partial charge in [0.05, 0.1) is 0 Å². The topological polar surface area (TPSA) is 0 Å². The van der Waals surface area contributed by atoms with Crippen LogP contribution >= 0.6 is 0 Å². The molecule has 0 heterocycles. The molecule has 4 heavy (non-hydrogen) atoms. The molecule has 20 valence electrons. The number of rotatable bonds is 0. The largest absolute Gasteiger partial charge is 2.00 e. The van der Waals surface area contributed by atoms with Gasteiger partial charge in [-0.2, -0.15) is 0 Å². The molecule has 0 unspecified atom stereocenters. The second-order valence-corrected chi connectivity index (χ2v) is 0. The van der Waals surface area contributed by atoms with Gasteiger partial charge in [0.15, 0.2) is 17.4 Å². The van der Waals surface area contributed by atoms with E-state index in [0.717, 1.165) is 0 Å². The quantitative estimate of drug-likeness (QED) is 0.476. The molecule has 0 amide bonds. The second kappa shape index (κ2) is 16.0. The van der Waals surface area contributed by atoms with Crippen molar-refractivity contribution in [1.82, 2.24) is 0 Å². The molecule has 0 bridgehead atoms. The van der Waals surface area contributed by atoms with Crippen LogP contribution in [0, 0.1) is 35.6 Å². The fourth-order valence-electron chi connectivity index (χ4n) is 0. The van der Waals surface area contributed by atoms with Crippen LogP contribution in [0.5, 0.6) is 0 Å². The Kier molecular flexibility index (Phi) is 104. The maximum atomic E-state index is 0. The van der Waals surface area contributed by atoms with E-state index in [0.29, 0.717) is 0 Å². The maximum absolute atomic E-state index is 0. The van der Waals surface area contributed by atoms with Gasteiger partial charge in [0.25, 0.3) is 0 Å². The van der Waals surface area contributed by atoms with Crippen LogP contribution in [-0.2, 0) is 17.1 Å². The van der Waals surface area contributed by atoms with Gasteiger partial charge in [0.2, 0.25) is 0 Å². The van der Waals surface area contributed by atoms with Crippen molar-refractivity contribution in [3.05, 3.63) is 0 Å². The summed E-state index contributed by atoms with van der Waals surface area (Å²) < 4.78 is 0. The minimum atomic E-state index is 0. The fourth-order valence-corrected chi connectivity index (χ4v) is 0. The Hall–Kier alpha value is 3.51. The smallest absolute Gasteiger partial charge is 1.00 e. The van der Waals surface area contributed by atoms with E-state index in [2.05, 4.69) is 0 Å². The van der Waals surface area contributed by atoms with E-state index in [4.69, 9.17) is 0 Å². The molecule has 0 N–H and O–H groups in total. The summed E-state index contributed by atoms with van der Waals surface area (Å²) in [6.07, 6.45) is 0. The van der Waals surface area contributed by atoms with E-state index in [1.54, 1.807) is 0 Å². The first-order valence-corrected chi connectivity index (χ1v) is 0. The van der Waals surface area contributed by atoms with Crippen molar-refractivity contribution in [3.8, 4) is 0 Å². The van der Waals surface area contributed by atoms with Crippen molar-refractivity contribution >= 4 is 55.1 Å². The number of hydrogen-bond acceptors (Lipinski definition) is 0. The molecule has 0 saturated heterocycles. The van der Waals surface area contributed by atoms with Gasteiger partial charge in [0, 0.05) is 52.7 Å². The van der Waals surface area contributed by atoms with Gasteiger partial charge in [-0.05, 0) is 0 Å². The Bertz CT molecular complexity index is 13.5. The summed E-state index contributed by atoms with van der Waals surface area (Å²) in [4.78, 5) is 0. The van der Waals surface area contributed by atoms with E-state index >= 15 is 0 Å². The average Bonchev–Trinajstić information content (AvgIpc) is 0. The Morgan fingerprint density at radius 2 is 1.25 bits per heavy atom. The molecule has 0 aromatic heterocycles. The monoisotopic (exact) mass is 266 g/mol. The van der Waals surface area contributed by atoms with E-state index < -0.39 is 0 Å². The molecule has 2 radical (unpaired) electrons. The molecule has 0 saturated carbocycles. The van der Waals surface area contributed by atoms with E-state index in [1.807, 2.05) is 0 Å². The predicted octanol–water partition coefficient (Wildman–Crippen LogP) is -1.34. The molecule has 0 aliphatic rings. The molecule has 0 rings (SSSR count). The Morgan fingerprint density at radius 3 is 1.25 bits per heavy atom. The average molecular weight is 266 g/mol. The third kappa shape index (κ3) is 9.10. The Labute approximate surface area is 108 Å². The minimum Gasteiger partial charge on any atom is -1.00 e. The SMILES string of the molecule is [AlH3].[Ca+2].[H-].[H-].[La].[Mn]. The van der Waals surface area contributed by atoms with Gasteiger partial charge in [-0.15, -0.1) is 0 Å². The fraction of sp³-hybridized carbons (Fsp3) is 0. The molecule has 0 fully saturated rings. The molecule has 4 heteroatoms. The molecule has 0 spiro atoms. The molecular formula is H5AlCaLaMn. The Morgan fingerprint density at radius 1 is 1.25 bits per heavy atom. The molecule has 0 aliphatic carbocycles. The molecule has 0 aliphatic heterocycles. The van der Waals surface area contributed by atoms with Gasteiger partial charge in [-0.3, -0.25) is 0 Å².